The van der Waals surface area contributed by atoms with Crippen LogP contribution in [-0.4, -0.2) is 27.0 Å². The number of ether oxygens (including phenoxy) is 2. The number of pyridine rings is 1. The second-order valence-corrected chi connectivity index (χ2v) is 10.0. The van der Waals surface area contributed by atoms with Crippen LogP contribution < -0.4 is 10.1 Å². The van der Waals surface area contributed by atoms with E-state index in [4.69, 9.17) is 9.47 Å². The van der Waals surface area contributed by atoms with E-state index in [0.717, 1.165) is 29.2 Å². The van der Waals surface area contributed by atoms with Gasteiger partial charge in [-0.25, -0.2) is 9.97 Å². The fourth-order valence-corrected chi connectivity index (χ4v) is 5.91. The van der Waals surface area contributed by atoms with Crippen LogP contribution in [0.1, 0.15) is 42.6 Å². The molecule has 2 aromatic heterocycles. The Balaban J connectivity index is 1.13. The summed E-state index contributed by atoms with van der Waals surface area (Å²) < 4.78 is 51.9. The molecule has 2 fully saturated rings. The van der Waals surface area contributed by atoms with Crippen LogP contribution in [0.3, 0.4) is 0 Å². The first kappa shape index (κ1) is 21.5. The van der Waals surface area contributed by atoms with Gasteiger partial charge < -0.3 is 19.8 Å². The number of alkyl halides is 3. The van der Waals surface area contributed by atoms with Crippen molar-refractivity contribution in [2.75, 3.05) is 5.32 Å². The van der Waals surface area contributed by atoms with E-state index in [0.29, 0.717) is 47.7 Å². The summed E-state index contributed by atoms with van der Waals surface area (Å²) in [6.07, 6.45) is 2.53. The number of anilines is 1. The Morgan fingerprint density at radius 3 is 2.89 bits per heavy atom. The number of imidazole rings is 1. The summed E-state index contributed by atoms with van der Waals surface area (Å²) in [4.78, 5) is 23.7. The maximum Gasteiger partial charge on any atom is 0.416 e. The Morgan fingerprint density at radius 2 is 2.06 bits per heavy atom. The van der Waals surface area contributed by atoms with Crippen LogP contribution in [0.2, 0.25) is 0 Å². The number of allylic oxidation sites excluding steroid dienone is 4. The van der Waals surface area contributed by atoms with Gasteiger partial charge in [-0.3, -0.25) is 4.79 Å². The zero-order valence-corrected chi connectivity index (χ0v) is 19.1. The van der Waals surface area contributed by atoms with Gasteiger partial charge >= 0.3 is 6.18 Å². The third-order valence-corrected chi connectivity index (χ3v) is 7.73. The molecule has 0 spiro atoms. The number of hydrogen-bond acceptors (Lipinski definition) is 5. The van der Waals surface area contributed by atoms with Crippen molar-refractivity contribution in [1.29, 1.82) is 0 Å². The molecule has 10 heteroatoms. The number of benzene rings is 1. The second-order valence-electron chi connectivity index (χ2n) is 10.0. The Hall–Kier alpha value is -3.82. The van der Waals surface area contributed by atoms with Gasteiger partial charge in [-0.05, 0) is 42.8 Å². The number of halogens is 3. The minimum atomic E-state index is -4.41. The van der Waals surface area contributed by atoms with Gasteiger partial charge in [0, 0.05) is 35.9 Å². The van der Waals surface area contributed by atoms with Crippen molar-refractivity contribution in [3.63, 3.8) is 0 Å². The van der Waals surface area contributed by atoms with E-state index in [1.807, 2.05) is 12.2 Å². The molecule has 2 aliphatic carbocycles. The molecule has 2 aliphatic heterocycles. The van der Waals surface area contributed by atoms with Crippen molar-refractivity contribution >= 4 is 22.8 Å². The van der Waals surface area contributed by atoms with Crippen molar-refractivity contribution in [3.05, 3.63) is 71.1 Å². The van der Waals surface area contributed by atoms with Crippen LogP contribution in [-0.2, 0) is 22.1 Å². The fraction of sp³-hybridized carbons (Fsp3) is 0.346. The minimum absolute atomic E-state index is 0.0304. The number of fused-ring (bicyclic) bond motifs is 5. The summed E-state index contributed by atoms with van der Waals surface area (Å²) in [5, 5.41) is 2.79. The van der Waals surface area contributed by atoms with Crippen LogP contribution in [0, 0.1) is 11.3 Å². The highest BCUT2D eigenvalue weighted by molar-refractivity contribution is 5.93. The first-order chi connectivity index (χ1) is 17.2. The summed E-state index contributed by atoms with van der Waals surface area (Å²) in [6, 6.07) is 5.36. The molecule has 0 bridgehead atoms. The average molecular weight is 494 g/mol. The molecule has 4 atom stereocenters. The fourth-order valence-electron chi connectivity index (χ4n) is 5.91. The van der Waals surface area contributed by atoms with E-state index < -0.39 is 11.7 Å². The number of amides is 1. The van der Waals surface area contributed by atoms with Gasteiger partial charge in [0.1, 0.15) is 35.0 Å². The standard InChI is InChI=1S/C26H21F3N4O3/c1-25-11-13(35-17-8-9-30-23-14(17)4-7-19(34)33-23)3-6-18(25)36-22-20(21(22)25)24-31-15-5-2-12(26(27,28)29)10-16(15)32-24/h2-3,5-6,8-10,20-22H,4,7,11H2,1H3,(H,31,32)(H,30,33,34)/t20?,21-,22+,25?/m0/s1. The summed E-state index contributed by atoms with van der Waals surface area (Å²) in [6.45, 7) is 2.13. The van der Waals surface area contributed by atoms with Crippen molar-refractivity contribution in [3.8, 4) is 5.75 Å². The van der Waals surface area contributed by atoms with Crippen molar-refractivity contribution in [2.45, 2.75) is 44.4 Å². The Morgan fingerprint density at radius 1 is 1.19 bits per heavy atom. The van der Waals surface area contributed by atoms with E-state index >= 15 is 0 Å². The third-order valence-electron chi connectivity index (χ3n) is 7.73. The van der Waals surface area contributed by atoms with E-state index in [-0.39, 0.29) is 29.3 Å². The highest BCUT2D eigenvalue weighted by atomic mass is 19.4. The van der Waals surface area contributed by atoms with Crippen molar-refractivity contribution < 1.29 is 27.4 Å². The maximum absolute atomic E-state index is 13.1. The predicted octanol–water partition coefficient (Wildman–Crippen LogP) is 5.23. The molecular weight excluding hydrogens is 473 g/mol. The largest absolute Gasteiger partial charge is 0.493 e. The number of aromatic amines is 1. The molecule has 1 amide bonds. The number of H-pyrrole nitrogens is 1. The molecule has 0 radical (unpaired) electrons. The number of nitrogens with one attached hydrogen (secondary N) is 2. The van der Waals surface area contributed by atoms with E-state index in [9.17, 15) is 18.0 Å². The molecule has 36 heavy (non-hydrogen) atoms. The normalized spacial score (nSPS) is 28.3. The number of carbonyl (C=O) groups is 1. The number of nitrogens with zero attached hydrogens (tertiary/aromatic N) is 2. The number of aromatic nitrogens is 3. The van der Waals surface area contributed by atoms with Gasteiger partial charge in [0.2, 0.25) is 5.91 Å². The van der Waals surface area contributed by atoms with E-state index in [1.165, 1.54) is 6.07 Å². The van der Waals surface area contributed by atoms with Gasteiger partial charge in [0.15, 0.2) is 0 Å². The van der Waals surface area contributed by atoms with Crippen LogP contribution in [0.4, 0.5) is 19.0 Å². The van der Waals surface area contributed by atoms with Crippen LogP contribution in [0.15, 0.2) is 54.1 Å². The Kier molecular flexibility index (Phi) is 4.24. The molecule has 3 aromatic rings. The topological polar surface area (TPSA) is 89.1 Å². The van der Waals surface area contributed by atoms with Gasteiger partial charge in [0.05, 0.1) is 22.5 Å². The molecule has 1 saturated carbocycles. The summed E-state index contributed by atoms with van der Waals surface area (Å²) in [5.41, 5.74) is 0.727. The third kappa shape index (κ3) is 3.16. The maximum atomic E-state index is 13.1. The van der Waals surface area contributed by atoms with Gasteiger partial charge in [-0.2, -0.15) is 13.2 Å². The Bertz CT molecular complexity index is 1510. The van der Waals surface area contributed by atoms with Gasteiger partial charge in [-0.1, -0.05) is 6.92 Å². The lowest BCUT2D eigenvalue weighted by Gasteiger charge is -2.32. The molecule has 184 valence electrons. The minimum Gasteiger partial charge on any atom is -0.493 e. The Labute approximate surface area is 203 Å². The van der Waals surface area contributed by atoms with Crippen LogP contribution in [0.25, 0.3) is 11.0 Å². The van der Waals surface area contributed by atoms with E-state index in [2.05, 4.69) is 27.2 Å². The molecule has 1 aromatic carbocycles. The molecule has 7 rings (SSSR count). The van der Waals surface area contributed by atoms with E-state index in [1.54, 1.807) is 12.3 Å². The molecule has 7 nitrogen and oxygen atoms in total. The smallest absolute Gasteiger partial charge is 0.416 e. The highest BCUT2D eigenvalue weighted by Gasteiger charge is 2.70. The van der Waals surface area contributed by atoms with Crippen molar-refractivity contribution in [2.24, 2.45) is 11.3 Å². The lowest BCUT2D eigenvalue weighted by atomic mass is 9.76. The van der Waals surface area contributed by atoms with Gasteiger partial charge in [-0.15, -0.1) is 0 Å². The monoisotopic (exact) mass is 494 g/mol. The first-order valence-electron chi connectivity index (χ1n) is 11.8. The van der Waals surface area contributed by atoms with Gasteiger partial charge in [0.25, 0.3) is 0 Å². The number of carbonyl (C=O) groups excluding carboxylic acids is 1. The highest BCUT2D eigenvalue weighted by Crippen LogP contribution is 2.69. The van der Waals surface area contributed by atoms with Crippen LogP contribution >= 0.6 is 0 Å². The number of rotatable bonds is 3. The molecule has 2 N–H and O–H groups in total. The zero-order valence-electron chi connectivity index (χ0n) is 19.1. The summed E-state index contributed by atoms with van der Waals surface area (Å²) >= 11 is 0. The number of hydrogen-bond donors (Lipinski definition) is 2. The van der Waals surface area contributed by atoms with Crippen molar-refractivity contribution in [1.82, 2.24) is 15.0 Å². The molecule has 4 heterocycles. The SMILES string of the molecule is CC12CC(Oc3ccnc4c3CCC(=O)N4)=CC=C1O[C@@H]1C(c3nc4ccc(C(F)(F)F)cc4[nH]3)[C@@H]12. The quantitative estimate of drug-likeness (QED) is 0.521. The lowest BCUT2D eigenvalue weighted by molar-refractivity contribution is -0.137. The molecule has 1 saturated heterocycles. The lowest BCUT2D eigenvalue weighted by Crippen LogP contribution is -2.26. The summed E-state index contributed by atoms with van der Waals surface area (Å²) in [7, 11) is 0. The molecular formula is C26H21F3N4O3. The molecule has 4 aliphatic rings. The summed E-state index contributed by atoms with van der Waals surface area (Å²) in [5.74, 6) is 3.57. The second kappa shape index (κ2) is 7.11. The first-order valence-corrected chi connectivity index (χ1v) is 11.8. The molecule has 2 unspecified atom stereocenters. The van der Waals surface area contributed by atoms with Crippen LogP contribution in [0.5, 0.6) is 5.75 Å². The predicted molar refractivity (Wildman–Crippen MR) is 123 cm³/mol. The zero-order chi connectivity index (χ0) is 24.8. The average Bonchev–Trinajstić information content (AvgIpc) is 3.26.